The number of nitrogen functional groups attached to an aromatic ring is 1. The van der Waals surface area contributed by atoms with Crippen LogP contribution in [0.1, 0.15) is 16.8 Å². The number of nitrogens with zero attached hydrogens (tertiary/aromatic N) is 4. The highest BCUT2D eigenvalue weighted by Crippen LogP contribution is 2.22. The molecule has 0 spiro atoms. The molecule has 126 valence electrons. The van der Waals surface area contributed by atoms with Crippen molar-refractivity contribution in [3.63, 3.8) is 0 Å². The number of hydrogen-bond donors (Lipinski definition) is 1. The topological polar surface area (TPSA) is 67.9 Å². The number of rotatable bonds is 3. The van der Waals surface area contributed by atoms with Gasteiger partial charge in [0.15, 0.2) is 0 Å². The number of halogens is 1. The zero-order chi connectivity index (χ0) is 17.2. The van der Waals surface area contributed by atoms with Crippen molar-refractivity contribution in [2.45, 2.75) is 19.5 Å². The number of hydrogen-bond acceptors (Lipinski definition) is 5. The van der Waals surface area contributed by atoms with E-state index in [1.807, 2.05) is 24.5 Å². The molecule has 2 N–H and O–H groups in total. The quantitative estimate of drug-likeness (QED) is 0.735. The summed E-state index contributed by atoms with van der Waals surface area (Å²) in [7, 11) is 0. The zero-order valence-corrected chi connectivity index (χ0v) is 15.3. The highest BCUT2D eigenvalue weighted by atomic mass is 79.9. The van der Waals surface area contributed by atoms with E-state index >= 15 is 0 Å². The molecule has 6 heteroatoms. The molecule has 5 nitrogen and oxygen atoms in total. The molecule has 0 amide bonds. The highest BCUT2D eigenvalue weighted by Gasteiger charge is 2.18. The first kappa shape index (κ1) is 16.2. The molecule has 0 saturated heterocycles. The Bertz CT molecular complexity index is 877. The van der Waals surface area contributed by atoms with Crippen LogP contribution in [0.25, 0.3) is 11.3 Å². The summed E-state index contributed by atoms with van der Waals surface area (Å²) in [5.74, 6) is 0.361. The molecule has 25 heavy (non-hydrogen) atoms. The van der Waals surface area contributed by atoms with Gasteiger partial charge < -0.3 is 5.73 Å². The number of aromatic nitrogens is 3. The Morgan fingerprint density at radius 1 is 1.04 bits per heavy atom. The van der Waals surface area contributed by atoms with Crippen LogP contribution >= 0.6 is 15.9 Å². The second kappa shape index (κ2) is 6.90. The molecule has 0 saturated carbocycles. The molecule has 0 aliphatic carbocycles. The van der Waals surface area contributed by atoms with Gasteiger partial charge in [0.25, 0.3) is 0 Å². The van der Waals surface area contributed by atoms with Gasteiger partial charge in [-0.3, -0.25) is 9.88 Å². The van der Waals surface area contributed by atoms with Crippen LogP contribution in [0, 0.1) is 0 Å². The molecule has 0 fully saturated rings. The second-order valence-corrected chi connectivity index (χ2v) is 7.14. The SMILES string of the molecule is Nc1ncc2c(n1)CCN(Cc1ccc(-c3ccc(Br)cc3)nc1)C2. The van der Waals surface area contributed by atoms with Crippen LogP contribution in [0.2, 0.25) is 0 Å². The first-order valence-electron chi connectivity index (χ1n) is 8.21. The number of fused-ring (bicyclic) bond motifs is 1. The Morgan fingerprint density at radius 3 is 2.64 bits per heavy atom. The lowest BCUT2D eigenvalue weighted by molar-refractivity contribution is 0.243. The molecule has 3 aromatic rings. The van der Waals surface area contributed by atoms with Crippen LogP contribution in [0.3, 0.4) is 0 Å². The molecule has 0 radical (unpaired) electrons. The van der Waals surface area contributed by atoms with Crippen molar-refractivity contribution < 1.29 is 0 Å². The molecular formula is C19H18BrN5. The van der Waals surface area contributed by atoms with Crippen LogP contribution in [-0.4, -0.2) is 26.4 Å². The van der Waals surface area contributed by atoms with Crippen molar-refractivity contribution in [3.8, 4) is 11.3 Å². The number of nitrogens with two attached hydrogens (primary N) is 1. The minimum absolute atomic E-state index is 0.361. The molecule has 0 atom stereocenters. The highest BCUT2D eigenvalue weighted by molar-refractivity contribution is 9.10. The first-order valence-corrected chi connectivity index (χ1v) is 9.00. The second-order valence-electron chi connectivity index (χ2n) is 6.22. The molecule has 4 rings (SSSR count). The van der Waals surface area contributed by atoms with Crippen molar-refractivity contribution in [1.29, 1.82) is 0 Å². The standard InChI is InChI=1S/C19H18BrN5/c20-16-4-2-14(3-5-16)17-6-1-13(9-22-17)11-25-8-7-18-15(12-25)10-23-19(21)24-18/h1-6,9-10H,7-8,11-12H2,(H2,21,23,24). The van der Waals surface area contributed by atoms with Crippen molar-refractivity contribution in [2.24, 2.45) is 0 Å². The number of anilines is 1. The number of benzene rings is 1. The van der Waals surface area contributed by atoms with E-state index in [4.69, 9.17) is 5.73 Å². The van der Waals surface area contributed by atoms with E-state index in [9.17, 15) is 0 Å². The zero-order valence-electron chi connectivity index (χ0n) is 13.7. The van der Waals surface area contributed by atoms with E-state index in [0.717, 1.165) is 47.5 Å². The third-order valence-electron chi connectivity index (χ3n) is 4.40. The smallest absolute Gasteiger partial charge is 0.220 e. The Labute approximate surface area is 155 Å². The van der Waals surface area contributed by atoms with E-state index in [1.54, 1.807) is 0 Å². The fraction of sp³-hybridized carbons (Fsp3) is 0.211. The summed E-state index contributed by atoms with van der Waals surface area (Å²) >= 11 is 3.46. The largest absolute Gasteiger partial charge is 0.368 e. The van der Waals surface area contributed by atoms with Crippen molar-refractivity contribution in [3.05, 3.63) is 70.1 Å². The summed E-state index contributed by atoms with van der Waals surface area (Å²) in [5, 5.41) is 0. The summed E-state index contributed by atoms with van der Waals surface area (Å²) in [6, 6.07) is 12.4. The summed E-state index contributed by atoms with van der Waals surface area (Å²) in [6.07, 6.45) is 4.72. The lowest BCUT2D eigenvalue weighted by Gasteiger charge is -2.27. The van der Waals surface area contributed by atoms with Gasteiger partial charge in [0.2, 0.25) is 5.95 Å². The Kier molecular flexibility index (Phi) is 4.46. The van der Waals surface area contributed by atoms with Gasteiger partial charge in [0.05, 0.1) is 11.4 Å². The fourth-order valence-electron chi connectivity index (χ4n) is 3.09. The van der Waals surface area contributed by atoms with Crippen molar-refractivity contribution in [2.75, 3.05) is 12.3 Å². The van der Waals surface area contributed by atoms with E-state index in [0.29, 0.717) is 5.95 Å². The molecule has 0 bridgehead atoms. The van der Waals surface area contributed by atoms with E-state index < -0.39 is 0 Å². The van der Waals surface area contributed by atoms with E-state index in [-0.39, 0.29) is 0 Å². The van der Waals surface area contributed by atoms with Crippen LogP contribution < -0.4 is 5.73 Å². The Morgan fingerprint density at radius 2 is 1.88 bits per heavy atom. The van der Waals surface area contributed by atoms with E-state index in [2.05, 4.69) is 60.0 Å². The monoisotopic (exact) mass is 395 g/mol. The Hall–Kier alpha value is -2.31. The molecule has 2 aromatic heterocycles. The predicted octanol–water partition coefficient (Wildman–Crippen LogP) is 3.44. The summed E-state index contributed by atoms with van der Waals surface area (Å²) in [4.78, 5) is 15.4. The summed E-state index contributed by atoms with van der Waals surface area (Å²) in [6.45, 7) is 2.69. The maximum Gasteiger partial charge on any atom is 0.220 e. The van der Waals surface area contributed by atoms with Crippen LogP contribution in [0.15, 0.2) is 53.3 Å². The maximum atomic E-state index is 5.66. The van der Waals surface area contributed by atoms with Crippen LogP contribution in [-0.2, 0) is 19.5 Å². The number of pyridine rings is 1. The minimum atomic E-state index is 0.361. The van der Waals surface area contributed by atoms with E-state index in [1.165, 1.54) is 11.1 Å². The lowest BCUT2D eigenvalue weighted by atomic mass is 10.1. The Balaban J connectivity index is 1.45. The summed E-state index contributed by atoms with van der Waals surface area (Å²) < 4.78 is 1.07. The molecular weight excluding hydrogens is 378 g/mol. The third kappa shape index (κ3) is 3.70. The van der Waals surface area contributed by atoms with Crippen LogP contribution in [0.5, 0.6) is 0 Å². The van der Waals surface area contributed by atoms with Gasteiger partial charge in [-0.25, -0.2) is 9.97 Å². The first-order chi connectivity index (χ1) is 12.2. The molecule has 1 aliphatic rings. The van der Waals surface area contributed by atoms with Crippen LogP contribution in [0.4, 0.5) is 5.95 Å². The van der Waals surface area contributed by atoms with Crippen molar-refractivity contribution >= 4 is 21.9 Å². The van der Waals surface area contributed by atoms with Gasteiger partial charge in [-0.05, 0) is 23.8 Å². The summed E-state index contributed by atoms with van der Waals surface area (Å²) in [5.41, 5.74) is 11.2. The van der Waals surface area contributed by atoms with Crippen molar-refractivity contribution in [1.82, 2.24) is 19.9 Å². The maximum absolute atomic E-state index is 5.66. The normalized spacial score (nSPS) is 14.3. The predicted molar refractivity (Wildman–Crippen MR) is 102 cm³/mol. The van der Waals surface area contributed by atoms with Gasteiger partial charge in [0, 0.05) is 54.0 Å². The van der Waals surface area contributed by atoms with Gasteiger partial charge in [-0.1, -0.05) is 34.1 Å². The third-order valence-corrected chi connectivity index (χ3v) is 4.93. The minimum Gasteiger partial charge on any atom is -0.368 e. The molecule has 1 aromatic carbocycles. The molecule has 1 aliphatic heterocycles. The van der Waals surface area contributed by atoms with Gasteiger partial charge in [-0.15, -0.1) is 0 Å². The van der Waals surface area contributed by atoms with Gasteiger partial charge in [-0.2, -0.15) is 0 Å². The fourth-order valence-corrected chi connectivity index (χ4v) is 3.36. The molecule has 0 unspecified atom stereocenters. The molecule has 3 heterocycles. The lowest BCUT2D eigenvalue weighted by Crippen LogP contribution is -2.31. The van der Waals surface area contributed by atoms with Gasteiger partial charge >= 0.3 is 0 Å². The van der Waals surface area contributed by atoms with Gasteiger partial charge in [0.1, 0.15) is 0 Å². The average Bonchev–Trinajstić information content (AvgIpc) is 2.63. The average molecular weight is 396 g/mol.